The van der Waals surface area contributed by atoms with Crippen molar-refractivity contribution in [2.45, 2.75) is 13.1 Å². The van der Waals surface area contributed by atoms with Crippen molar-refractivity contribution in [3.05, 3.63) is 53.1 Å². The van der Waals surface area contributed by atoms with Crippen LogP contribution in [0.5, 0.6) is 0 Å². The molecule has 0 fully saturated rings. The number of halogens is 4. The van der Waals surface area contributed by atoms with E-state index in [0.29, 0.717) is 6.54 Å². The van der Waals surface area contributed by atoms with Crippen LogP contribution in [-0.4, -0.2) is 9.78 Å². The van der Waals surface area contributed by atoms with Gasteiger partial charge in [0, 0.05) is 23.9 Å². The predicted molar refractivity (Wildman–Crippen MR) is 62.8 cm³/mol. The zero-order chi connectivity index (χ0) is 12.4. The van der Waals surface area contributed by atoms with Crippen molar-refractivity contribution in [3.8, 4) is 0 Å². The zero-order valence-electron chi connectivity index (χ0n) is 9.24. The Morgan fingerprint density at radius 1 is 1.17 bits per heavy atom. The first-order valence-corrected chi connectivity index (χ1v) is 4.95. The van der Waals surface area contributed by atoms with Crippen LogP contribution in [0.4, 0.5) is 13.2 Å². The first-order valence-electron chi connectivity index (χ1n) is 4.95. The van der Waals surface area contributed by atoms with E-state index in [1.165, 1.54) is 16.9 Å². The molecule has 0 amide bonds. The quantitative estimate of drug-likeness (QED) is 0.875. The van der Waals surface area contributed by atoms with E-state index in [1.807, 2.05) is 0 Å². The second kappa shape index (κ2) is 5.88. The van der Waals surface area contributed by atoms with Gasteiger partial charge in [-0.3, -0.25) is 4.68 Å². The molecular weight excluding hydrogens is 267 g/mol. The molecule has 1 heterocycles. The molecule has 0 spiro atoms. The molecule has 1 aromatic heterocycles. The van der Waals surface area contributed by atoms with E-state index in [2.05, 4.69) is 5.10 Å². The van der Waals surface area contributed by atoms with Gasteiger partial charge in [-0.2, -0.15) is 5.10 Å². The molecule has 0 saturated heterocycles. The van der Waals surface area contributed by atoms with E-state index >= 15 is 0 Å². The third kappa shape index (κ3) is 2.83. The highest BCUT2D eigenvalue weighted by atomic mass is 35.5. The van der Waals surface area contributed by atoms with E-state index < -0.39 is 17.5 Å². The standard InChI is InChI=1S/C11H10F3N3.ClH/c12-9-2-1-8(10(13)11(9)14)6-17-5-7(3-15)4-16-17;/h1-2,4-5H,3,6,15H2;1H. The van der Waals surface area contributed by atoms with Crippen LogP contribution < -0.4 is 5.73 Å². The van der Waals surface area contributed by atoms with E-state index in [-0.39, 0.29) is 24.5 Å². The number of hydrogen-bond acceptors (Lipinski definition) is 2. The second-order valence-corrected chi connectivity index (χ2v) is 3.58. The van der Waals surface area contributed by atoms with Gasteiger partial charge in [-0.25, -0.2) is 13.2 Å². The average Bonchev–Trinajstić information content (AvgIpc) is 2.78. The molecule has 0 radical (unpaired) electrons. The van der Waals surface area contributed by atoms with Crippen molar-refractivity contribution in [1.29, 1.82) is 0 Å². The van der Waals surface area contributed by atoms with E-state index in [1.54, 1.807) is 6.20 Å². The molecular formula is C11H11ClF3N3. The Hall–Kier alpha value is -1.53. The Kier molecular flexibility index (Phi) is 4.75. The van der Waals surface area contributed by atoms with E-state index in [4.69, 9.17) is 5.73 Å². The Bertz CT molecular complexity index is 542. The summed E-state index contributed by atoms with van der Waals surface area (Å²) in [6.07, 6.45) is 3.17. The van der Waals surface area contributed by atoms with Crippen molar-refractivity contribution in [3.63, 3.8) is 0 Å². The molecule has 1 aromatic carbocycles. The summed E-state index contributed by atoms with van der Waals surface area (Å²) in [5.74, 6) is -3.85. The highest BCUT2D eigenvalue weighted by Crippen LogP contribution is 2.16. The summed E-state index contributed by atoms with van der Waals surface area (Å²) in [7, 11) is 0. The molecule has 0 bridgehead atoms. The van der Waals surface area contributed by atoms with Crippen molar-refractivity contribution in [2.24, 2.45) is 5.73 Å². The lowest BCUT2D eigenvalue weighted by atomic mass is 10.2. The van der Waals surface area contributed by atoms with Crippen LogP contribution in [0.2, 0.25) is 0 Å². The normalized spacial score (nSPS) is 10.2. The molecule has 7 heteroatoms. The highest BCUT2D eigenvalue weighted by molar-refractivity contribution is 5.85. The van der Waals surface area contributed by atoms with Crippen molar-refractivity contribution in [2.75, 3.05) is 0 Å². The highest BCUT2D eigenvalue weighted by Gasteiger charge is 2.13. The summed E-state index contributed by atoms with van der Waals surface area (Å²) in [6, 6.07) is 2.08. The molecule has 2 rings (SSSR count). The second-order valence-electron chi connectivity index (χ2n) is 3.58. The third-order valence-electron chi connectivity index (χ3n) is 2.37. The van der Waals surface area contributed by atoms with E-state index in [0.717, 1.165) is 11.6 Å². The van der Waals surface area contributed by atoms with Gasteiger partial charge in [0.2, 0.25) is 0 Å². The van der Waals surface area contributed by atoms with Crippen LogP contribution >= 0.6 is 12.4 Å². The van der Waals surface area contributed by atoms with Gasteiger partial charge in [-0.15, -0.1) is 12.4 Å². The van der Waals surface area contributed by atoms with Crippen LogP contribution in [0.1, 0.15) is 11.1 Å². The van der Waals surface area contributed by atoms with Crippen molar-refractivity contribution in [1.82, 2.24) is 9.78 Å². The van der Waals surface area contributed by atoms with Crippen molar-refractivity contribution < 1.29 is 13.2 Å². The predicted octanol–water partition coefficient (Wildman–Crippen LogP) is 2.23. The minimum atomic E-state index is -1.46. The summed E-state index contributed by atoms with van der Waals surface area (Å²) < 4.78 is 40.4. The number of rotatable bonds is 3. The molecule has 2 aromatic rings. The largest absolute Gasteiger partial charge is 0.326 e. The van der Waals surface area contributed by atoms with E-state index in [9.17, 15) is 13.2 Å². The maximum absolute atomic E-state index is 13.4. The molecule has 0 saturated carbocycles. The summed E-state index contributed by atoms with van der Waals surface area (Å²) in [4.78, 5) is 0. The zero-order valence-corrected chi connectivity index (χ0v) is 10.1. The Balaban J connectivity index is 0.00000162. The number of nitrogens with zero attached hydrogens (tertiary/aromatic N) is 2. The van der Waals surface area contributed by atoms with Crippen molar-refractivity contribution >= 4 is 12.4 Å². The maximum atomic E-state index is 13.4. The minimum absolute atomic E-state index is 0. The van der Waals surface area contributed by atoms with Gasteiger partial charge in [0.05, 0.1) is 12.7 Å². The van der Waals surface area contributed by atoms with Gasteiger partial charge < -0.3 is 5.73 Å². The van der Waals surface area contributed by atoms with Gasteiger partial charge in [0.25, 0.3) is 0 Å². The molecule has 0 aliphatic carbocycles. The molecule has 0 aliphatic rings. The van der Waals surface area contributed by atoms with Gasteiger partial charge in [0.1, 0.15) is 0 Å². The molecule has 98 valence electrons. The first kappa shape index (κ1) is 14.5. The summed E-state index contributed by atoms with van der Waals surface area (Å²) in [5.41, 5.74) is 6.22. The summed E-state index contributed by atoms with van der Waals surface area (Å²) in [5, 5.41) is 3.93. The van der Waals surface area contributed by atoms with Crippen LogP contribution in [0.3, 0.4) is 0 Å². The molecule has 0 aliphatic heterocycles. The lowest BCUT2D eigenvalue weighted by molar-refractivity contribution is 0.437. The lowest BCUT2D eigenvalue weighted by Crippen LogP contribution is -2.05. The van der Waals surface area contributed by atoms with Crippen LogP contribution in [-0.2, 0) is 13.1 Å². The van der Waals surface area contributed by atoms with Gasteiger partial charge in [0.15, 0.2) is 17.5 Å². The summed E-state index contributed by atoms with van der Waals surface area (Å²) in [6.45, 7) is 0.350. The number of benzene rings is 1. The van der Waals surface area contributed by atoms with Gasteiger partial charge >= 0.3 is 0 Å². The molecule has 0 unspecified atom stereocenters. The third-order valence-corrected chi connectivity index (χ3v) is 2.37. The fourth-order valence-corrected chi connectivity index (χ4v) is 1.46. The number of aromatic nitrogens is 2. The number of hydrogen-bond donors (Lipinski definition) is 1. The first-order chi connectivity index (χ1) is 8.11. The van der Waals surface area contributed by atoms with Crippen LogP contribution in [0, 0.1) is 17.5 Å². The topological polar surface area (TPSA) is 43.8 Å². The Morgan fingerprint density at radius 3 is 2.50 bits per heavy atom. The van der Waals surface area contributed by atoms with Crippen LogP contribution in [0.15, 0.2) is 24.5 Å². The minimum Gasteiger partial charge on any atom is -0.326 e. The molecule has 3 nitrogen and oxygen atoms in total. The Morgan fingerprint density at radius 2 is 1.89 bits per heavy atom. The smallest absolute Gasteiger partial charge is 0.194 e. The van der Waals surface area contributed by atoms with Gasteiger partial charge in [-0.05, 0) is 6.07 Å². The molecule has 2 N–H and O–H groups in total. The fourth-order valence-electron chi connectivity index (χ4n) is 1.46. The molecule has 0 atom stereocenters. The van der Waals surface area contributed by atoms with Gasteiger partial charge in [-0.1, -0.05) is 6.07 Å². The molecule has 18 heavy (non-hydrogen) atoms. The Labute approximate surface area is 108 Å². The lowest BCUT2D eigenvalue weighted by Gasteiger charge is -2.04. The SMILES string of the molecule is Cl.NCc1cnn(Cc2ccc(F)c(F)c2F)c1. The number of nitrogens with two attached hydrogens (primary N) is 1. The summed E-state index contributed by atoms with van der Waals surface area (Å²) >= 11 is 0. The fraction of sp³-hybridized carbons (Fsp3) is 0.182. The maximum Gasteiger partial charge on any atom is 0.194 e. The monoisotopic (exact) mass is 277 g/mol. The van der Waals surface area contributed by atoms with Crippen LogP contribution in [0.25, 0.3) is 0 Å². The average molecular weight is 278 g/mol.